The van der Waals surface area contributed by atoms with Crippen LogP contribution in [0.1, 0.15) is 69.3 Å². The van der Waals surface area contributed by atoms with Crippen molar-refractivity contribution in [3.8, 4) is 0 Å². The predicted octanol–water partition coefficient (Wildman–Crippen LogP) is 4.80. The molecule has 0 radical (unpaired) electrons. The zero-order chi connectivity index (χ0) is 24.0. The molecule has 1 saturated heterocycles. The summed E-state index contributed by atoms with van der Waals surface area (Å²) in [6, 6.07) is 7.54. The lowest BCUT2D eigenvalue weighted by Crippen LogP contribution is -2.44. The number of aromatic nitrogens is 1. The smallest absolute Gasteiger partial charge is 0.322 e. The van der Waals surface area contributed by atoms with Crippen molar-refractivity contribution in [3.05, 3.63) is 41.2 Å². The molecule has 8 heteroatoms. The maximum absolute atomic E-state index is 13.4. The van der Waals surface area contributed by atoms with E-state index in [0.717, 1.165) is 36.4 Å². The third-order valence-electron chi connectivity index (χ3n) is 6.01. The third-order valence-corrected chi connectivity index (χ3v) is 6.01. The number of benzene rings is 1. The second-order valence-electron chi connectivity index (χ2n) is 9.39. The van der Waals surface area contributed by atoms with Gasteiger partial charge >= 0.3 is 6.03 Å². The van der Waals surface area contributed by atoms with E-state index in [1.165, 1.54) is 12.8 Å². The quantitative estimate of drug-likeness (QED) is 0.567. The average Bonchev–Trinajstić information content (AvgIpc) is 3.42. The number of aryl methyl sites for hydroxylation is 1. The van der Waals surface area contributed by atoms with Gasteiger partial charge in [0.25, 0.3) is 0 Å². The molecule has 180 valence electrons. The number of para-hydroxylation sites is 1. The Morgan fingerprint density at radius 2 is 1.73 bits per heavy atom. The van der Waals surface area contributed by atoms with Crippen LogP contribution < -0.4 is 10.6 Å². The maximum Gasteiger partial charge on any atom is 0.322 e. The molecule has 3 rings (SSSR count). The van der Waals surface area contributed by atoms with Gasteiger partial charge in [0.1, 0.15) is 12.3 Å². The molecule has 8 nitrogen and oxygen atoms in total. The SMILES string of the molecule is Cc1cc(NC(=O)CN(CCN2CCCC2)C(=O)Nc2c(C(C)C)cccc2C(C)C)no1. The van der Waals surface area contributed by atoms with Gasteiger partial charge in [0, 0.05) is 24.8 Å². The molecule has 1 aliphatic heterocycles. The van der Waals surface area contributed by atoms with E-state index in [0.29, 0.717) is 18.1 Å². The summed E-state index contributed by atoms with van der Waals surface area (Å²) in [4.78, 5) is 30.1. The molecule has 1 aromatic heterocycles. The maximum atomic E-state index is 13.4. The minimum absolute atomic E-state index is 0.0631. The largest absolute Gasteiger partial charge is 0.360 e. The Kier molecular flexibility index (Phi) is 8.49. The molecule has 1 fully saturated rings. The highest BCUT2D eigenvalue weighted by atomic mass is 16.5. The Hall–Kier alpha value is -2.87. The molecule has 1 aromatic carbocycles. The van der Waals surface area contributed by atoms with E-state index in [1.54, 1.807) is 17.9 Å². The summed E-state index contributed by atoms with van der Waals surface area (Å²) >= 11 is 0. The molecule has 2 heterocycles. The number of carbonyl (C=O) groups excluding carboxylic acids is 2. The standard InChI is InChI=1S/C25H37N5O3/c1-17(2)20-9-8-10-21(18(3)4)24(20)27-25(32)30(14-13-29-11-6-7-12-29)16-23(31)26-22-15-19(5)33-28-22/h8-10,15,17-18H,6-7,11-14,16H2,1-5H3,(H,27,32)(H,26,28,31). The van der Waals surface area contributed by atoms with E-state index in [4.69, 9.17) is 4.52 Å². The molecular formula is C25H37N5O3. The molecule has 3 amide bonds. The minimum atomic E-state index is -0.305. The average molecular weight is 456 g/mol. The fourth-order valence-corrected chi connectivity index (χ4v) is 4.18. The molecule has 33 heavy (non-hydrogen) atoms. The van der Waals surface area contributed by atoms with Crippen LogP contribution in [0.5, 0.6) is 0 Å². The van der Waals surface area contributed by atoms with Gasteiger partial charge in [0.05, 0.1) is 0 Å². The van der Waals surface area contributed by atoms with Crippen molar-refractivity contribution in [2.75, 3.05) is 43.4 Å². The van der Waals surface area contributed by atoms with Gasteiger partial charge in [0.2, 0.25) is 5.91 Å². The minimum Gasteiger partial charge on any atom is -0.360 e. The van der Waals surface area contributed by atoms with Crippen molar-refractivity contribution in [2.24, 2.45) is 0 Å². The monoisotopic (exact) mass is 455 g/mol. The lowest BCUT2D eigenvalue weighted by Gasteiger charge is -2.27. The zero-order valence-corrected chi connectivity index (χ0v) is 20.5. The lowest BCUT2D eigenvalue weighted by atomic mass is 9.93. The van der Waals surface area contributed by atoms with Gasteiger partial charge in [-0.15, -0.1) is 0 Å². The Morgan fingerprint density at radius 1 is 1.09 bits per heavy atom. The fraction of sp³-hybridized carbons (Fsp3) is 0.560. The van der Waals surface area contributed by atoms with Crippen molar-refractivity contribution >= 4 is 23.4 Å². The molecule has 0 atom stereocenters. The van der Waals surface area contributed by atoms with E-state index in [9.17, 15) is 9.59 Å². The van der Waals surface area contributed by atoms with Gasteiger partial charge < -0.3 is 25.0 Å². The number of likely N-dealkylation sites (tertiary alicyclic amines) is 1. The van der Waals surface area contributed by atoms with Gasteiger partial charge in [-0.25, -0.2) is 4.79 Å². The van der Waals surface area contributed by atoms with E-state index in [2.05, 4.69) is 60.5 Å². The second kappa shape index (κ2) is 11.3. The zero-order valence-electron chi connectivity index (χ0n) is 20.5. The number of urea groups is 1. The summed E-state index contributed by atoms with van der Waals surface area (Å²) in [6.07, 6.45) is 2.36. The number of carbonyl (C=O) groups is 2. The van der Waals surface area contributed by atoms with Crippen molar-refractivity contribution < 1.29 is 14.1 Å². The summed E-state index contributed by atoms with van der Waals surface area (Å²) < 4.78 is 5.02. The predicted molar refractivity (Wildman–Crippen MR) is 131 cm³/mol. The van der Waals surface area contributed by atoms with Crippen LogP contribution in [-0.4, -0.2) is 59.6 Å². The Morgan fingerprint density at radius 3 is 2.27 bits per heavy atom. The number of rotatable bonds is 9. The Labute approximate surface area is 196 Å². The molecule has 2 aromatic rings. The molecule has 0 spiro atoms. The molecule has 0 saturated carbocycles. The normalized spacial score (nSPS) is 14.2. The summed E-state index contributed by atoms with van der Waals surface area (Å²) in [5.74, 6) is 1.18. The van der Waals surface area contributed by atoms with Crippen molar-refractivity contribution in [1.82, 2.24) is 15.0 Å². The van der Waals surface area contributed by atoms with E-state index < -0.39 is 0 Å². The first kappa shape index (κ1) is 24.8. The van der Waals surface area contributed by atoms with Gasteiger partial charge in [-0.05, 0) is 55.8 Å². The van der Waals surface area contributed by atoms with Crippen LogP contribution in [0.4, 0.5) is 16.3 Å². The van der Waals surface area contributed by atoms with Gasteiger partial charge in [-0.1, -0.05) is 51.1 Å². The molecule has 2 N–H and O–H groups in total. The number of amides is 3. The van der Waals surface area contributed by atoms with Crippen LogP contribution in [-0.2, 0) is 4.79 Å². The van der Waals surface area contributed by atoms with E-state index in [1.807, 2.05) is 6.07 Å². The van der Waals surface area contributed by atoms with E-state index in [-0.39, 0.29) is 30.3 Å². The molecular weight excluding hydrogens is 418 g/mol. The van der Waals surface area contributed by atoms with Gasteiger partial charge in [-0.3, -0.25) is 4.79 Å². The van der Waals surface area contributed by atoms with Crippen LogP contribution in [0.2, 0.25) is 0 Å². The second-order valence-corrected chi connectivity index (χ2v) is 9.39. The lowest BCUT2D eigenvalue weighted by molar-refractivity contribution is -0.116. The van der Waals surface area contributed by atoms with Crippen LogP contribution in [0.15, 0.2) is 28.8 Å². The molecule has 0 bridgehead atoms. The number of hydrogen-bond acceptors (Lipinski definition) is 5. The van der Waals surface area contributed by atoms with E-state index >= 15 is 0 Å². The summed E-state index contributed by atoms with van der Waals surface area (Å²) in [5, 5.41) is 9.68. The third kappa shape index (κ3) is 6.81. The highest BCUT2D eigenvalue weighted by Crippen LogP contribution is 2.32. The van der Waals surface area contributed by atoms with Crippen LogP contribution in [0.25, 0.3) is 0 Å². The number of nitrogens with one attached hydrogen (secondary N) is 2. The Balaban J connectivity index is 1.77. The highest BCUT2D eigenvalue weighted by Gasteiger charge is 2.23. The summed E-state index contributed by atoms with van der Waals surface area (Å²) in [5.41, 5.74) is 3.04. The summed E-state index contributed by atoms with van der Waals surface area (Å²) in [7, 11) is 0. The van der Waals surface area contributed by atoms with Crippen LogP contribution in [0.3, 0.4) is 0 Å². The summed E-state index contributed by atoms with van der Waals surface area (Å²) in [6.45, 7) is 13.5. The van der Waals surface area contributed by atoms with Gasteiger partial charge in [-0.2, -0.15) is 0 Å². The topological polar surface area (TPSA) is 90.7 Å². The first-order valence-corrected chi connectivity index (χ1v) is 11.9. The first-order chi connectivity index (χ1) is 15.7. The van der Waals surface area contributed by atoms with Crippen molar-refractivity contribution in [3.63, 3.8) is 0 Å². The van der Waals surface area contributed by atoms with Crippen molar-refractivity contribution in [1.29, 1.82) is 0 Å². The molecule has 0 aliphatic carbocycles. The molecule has 1 aliphatic rings. The first-order valence-electron chi connectivity index (χ1n) is 11.9. The van der Waals surface area contributed by atoms with Crippen LogP contribution >= 0.6 is 0 Å². The highest BCUT2D eigenvalue weighted by molar-refractivity contribution is 5.97. The van der Waals surface area contributed by atoms with Crippen LogP contribution in [0, 0.1) is 6.92 Å². The Bertz CT molecular complexity index is 921. The molecule has 0 unspecified atom stereocenters. The fourth-order valence-electron chi connectivity index (χ4n) is 4.18. The number of nitrogens with zero attached hydrogens (tertiary/aromatic N) is 3. The van der Waals surface area contributed by atoms with Crippen molar-refractivity contribution in [2.45, 2.75) is 59.3 Å². The van der Waals surface area contributed by atoms with Gasteiger partial charge in [0.15, 0.2) is 5.82 Å². The number of hydrogen-bond donors (Lipinski definition) is 2. The number of anilines is 2.